The molecule has 0 aliphatic carbocycles. The molecule has 2 aromatic carbocycles. The molecule has 0 aromatic heterocycles. The smallest absolute Gasteiger partial charge is 0.258 e. The van der Waals surface area contributed by atoms with Crippen molar-refractivity contribution in [1.82, 2.24) is 0 Å². The topological polar surface area (TPSA) is 70.8 Å². The Balaban J connectivity index is 1.87. The second-order valence-corrected chi connectivity index (χ2v) is 5.05. The zero-order valence-electron chi connectivity index (χ0n) is 12.2. The van der Waals surface area contributed by atoms with Crippen LogP contribution in [0.15, 0.2) is 42.5 Å². The Hall–Kier alpha value is -2.69. The van der Waals surface area contributed by atoms with Crippen molar-refractivity contribution in [2.45, 2.75) is 13.0 Å². The first-order chi connectivity index (χ1) is 10.6. The minimum absolute atomic E-state index is 0.496. The highest BCUT2D eigenvalue weighted by Crippen LogP contribution is 2.35. The number of nitrogens with two attached hydrogens (primary N) is 1. The van der Waals surface area contributed by atoms with Gasteiger partial charge in [-0.3, -0.25) is 4.79 Å². The van der Waals surface area contributed by atoms with Crippen LogP contribution in [0.25, 0.3) is 11.1 Å². The second-order valence-electron chi connectivity index (χ2n) is 5.05. The van der Waals surface area contributed by atoms with Gasteiger partial charge in [0.1, 0.15) is 19.0 Å². The van der Waals surface area contributed by atoms with E-state index in [1.807, 2.05) is 36.4 Å². The lowest BCUT2D eigenvalue weighted by molar-refractivity contribution is -0.123. The Bertz CT molecular complexity index is 699. The molecule has 0 saturated heterocycles. The number of hydrogen-bond acceptors (Lipinski definition) is 4. The lowest BCUT2D eigenvalue weighted by Gasteiger charge is -2.19. The highest BCUT2D eigenvalue weighted by atomic mass is 16.6. The quantitative estimate of drug-likeness (QED) is 0.941. The third-order valence-corrected chi connectivity index (χ3v) is 3.42. The average molecular weight is 299 g/mol. The Labute approximate surface area is 128 Å². The van der Waals surface area contributed by atoms with Gasteiger partial charge in [0.25, 0.3) is 5.91 Å². The van der Waals surface area contributed by atoms with Gasteiger partial charge in [-0.1, -0.05) is 18.2 Å². The van der Waals surface area contributed by atoms with Gasteiger partial charge in [0.15, 0.2) is 17.6 Å². The predicted molar refractivity (Wildman–Crippen MR) is 82.2 cm³/mol. The molecule has 114 valence electrons. The predicted octanol–water partition coefficient (Wildman–Crippen LogP) is 2.38. The molecule has 1 atom stereocenters. The van der Waals surface area contributed by atoms with Crippen molar-refractivity contribution < 1.29 is 19.0 Å². The van der Waals surface area contributed by atoms with Crippen LogP contribution in [0.5, 0.6) is 17.2 Å². The van der Waals surface area contributed by atoms with Gasteiger partial charge in [0, 0.05) is 0 Å². The van der Waals surface area contributed by atoms with Gasteiger partial charge in [-0.25, -0.2) is 0 Å². The molecule has 0 spiro atoms. The minimum atomic E-state index is -0.671. The number of hydrogen-bond donors (Lipinski definition) is 1. The van der Waals surface area contributed by atoms with E-state index in [0.29, 0.717) is 19.0 Å². The molecule has 0 unspecified atom stereocenters. The molecular weight excluding hydrogens is 282 g/mol. The molecule has 0 saturated carbocycles. The van der Waals surface area contributed by atoms with Crippen molar-refractivity contribution in [1.29, 1.82) is 0 Å². The fraction of sp³-hybridized carbons (Fsp3) is 0.235. The van der Waals surface area contributed by atoms with Crippen LogP contribution in [0.2, 0.25) is 0 Å². The molecule has 5 heteroatoms. The summed E-state index contributed by atoms with van der Waals surface area (Å²) in [5.74, 6) is 1.59. The highest BCUT2D eigenvalue weighted by molar-refractivity contribution is 5.78. The molecule has 0 fully saturated rings. The normalized spacial score (nSPS) is 14.2. The number of benzene rings is 2. The SMILES string of the molecule is C[C@@H](Oc1cccc(-c2ccc3c(c2)OCCO3)c1)C(N)=O. The largest absolute Gasteiger partial charge is 0.486 e. The fourth-order valence-corrected chi connectivity index (χ4v) is 2.23. The van der Waals surface area contributed by atoms with Crippen LogP contribution in [-0.2, 0) is 4.79 Å². The third-order valence-electron chi connectivity index (χ3n) is 3.42. The van der Waals surface area contributed by atoms with Gasteiger partial charge in [-0.05, 0) is 42.3 Å². The Morgan fingerprint density at radius 3 is 2.59 bits per heavy atom. The molecule has 22 heavy (non-hydrogen) atoms. The van der Waals surface area contributed by atoms with E-state index in [9.17, 15) is 4.79 Å². The van der Waals surface area contributed by atoms with Crippen LogP contribution in [0.4, 0.5) is 0 Å². The Morgan fingerprint density at radius 2 is 1.82 bits per heavy atom. The zero-order chi connectivity index (χ0) is 15.5. The maximum absolute atomic E-state index is 11.1. The first kappa shape index (κ1) is 14.3. The summed E-state index contributed by atoms with van der Waals surface area (Å²) in [6, 6.07) is 13.3. The monoisotopic (exact) mass is 299 g/mol. The van der Waals surface area contributed by atoms with Gasteiger partial charge in [-0.15, -0.1) is 0 Å². The van der Waals surface area contributed by atoms with E-state index in [2.05, 4.69) is 0 Å². The first-order valence-electron chi connectivity index (χ1n) is 7.09. The number of fused-ring (bicyclic) bond motifs is 1. The molecule has 1 aliphatic heterocycles. The molecule has 2 aromatic rings. The van der Waals surface area contributed by atoms with E-state index in [0.717, 1.165) is 22.6 Å². The summed E-state index contributed by atoms with van der Waals surface area (Å²) < 4.78 is 16.6. The van der Waals surface area contributed by atoms with Crippen LogP contribution < -0.4 is 19.9 Å². The summed E-state index contributed by atoms with van der Waals surface area (Å²) in [5, 5.41) is 0. The minimum Gasteiger partial charge on any atom is -0.486 e. The first-order valence-corrected chi connectivity index (χ1v) is 7.09. The van der Waals surface area contributed by atoms with Crippen molar-refractivity contribution in [2.24, 2.45) is 5.73 Å². The summed E-state index contributed by atoms with van der Waals surface area (Å²) in [6.45, 7) is 2.75. The Morgan fingerprint density at radius 1 is 1.09 bits per heavy atom. The second kappa shape index (κ2) is 5.97. The number of rotatable bonds is 4. The van der Waals surface area contributed by atoms with Crippen LogP contribution in [0.1, 0.15) is 6.92 Å². The van der Waals surface area contributed by atoms with E-state index in [1.165, 1.54) is 0 Å². The Kier molecular flexibility index (Phi) is 3.87. The maximum Gasteiger partial charge on any atom is 0.258 e. The van der Waals surface area contributed by atoms with Gasteiger partial charge in [0.05, 0.1) is 0 Å². The lowest BCUT2D eigenvalue weighted by atomic mass is 10.0. The number of ether oxygens (including phenoxy) is 3. The van der Waals surface area contributed by atoms with Crippen molar-refractivity contribution >= 4 is 5.91 Å². The van der Waals surface area contributed by atoms with E-state index >= 15 is 0 Å². The number of amides is 1. The van der Waals surface area contributed by atoms with Gasteiger partial charge in [0.2, 0.25) is 0 Å². The lowest BCUT2D eigenvalue weighted by Crippen LogP contribution is -2.30. The van der Waals surface area contributed by atoms with Crippen molar-refractivity contribution in [3.8, 4) is 28.4 Å². The summed E-state index contributed by atoms with van der Waals surface area (Å²) >= 11 is 0. The molecule has 1 amide bonds. The molecule has 1 aliphatic rings. The van der Waals surface area contributed by atoms with Crippen molar-refractivity contribution in [3.63, 3.8) is 0 Å². The summed E-state index contributed by atoms with van der Waals surface area (Å²) in [4.78, 5) is 11.1. The van der Waals surface area contributed by atoms with Crippen molar-refractivity contribution in [2.75, 3.05) is 13.2 Å². The molecule has 3 rings (SSSR count). The van der Waals surface area contributed by atoms with Crippen LogP contribution in [0.3, 0.4) is 0 Å². The molecule has 1 heterocycles. The van der Waals surface area contributed by atoms with E-state index in [-0.39, 0.29) is 0 Å². The number of carbonyl (C=O) groups excluding carboxylic acids is 1. The standard InChI is InChI=1S/C17H17NO4/c1-11(17(18)19)22-14-4-2-3-12(9-14)13-5-6-15-16(10-13)21-8-7-20-15/h2-6,9-11H,7-8H2,1H3,(H2,18,19)/t11-/m1/s1. The summed E-state index contributed by atoms with van der Waals surface area (Å²) in [6.07, 6.45) is -0.671. The summed E-state index contributed by atoms with van der Waals surface area (Å²) in [5.41, 5.74) is 7.17. The molecule has 2 N–H and O–H groups in total. The number of primary amides is 1. The molecule has 0 radical (unpaired) electrons. The van der Waals surface area contributed by atoms with Crippen LogP contribution in [0, 0.1) is 0 Å². The molecule has 0 bridgehead atoms. The van der Waals surface area contributed by atoms with Gasteiger partial charge < -0.3 is 19.9 Å². The molecular formula is C17H17NO4. The average Bonchev–Trinajstić information content (AvgIpc) is 2.54. The van der Waals surface area contributed by atoms with Crippen LogP contribution in [-0.4, -0.2) is 25.2 Å². The van der Waals surface area contributed by atoms with E-state index in [4.69, 9.17) is 19.9 Å². The van der Waals surface area contributed by atoms with Gasteiger partial charge >= 0.3 is 0 Å². The van der Waals surface area contributed by atoms with Crippen molar-refractivity contribution in [3.05, 3.63) is 42.5 Å². The van der Waals surface area contributed by atoms with E-state index in [1.54, 1.807) is 13.0 Å². The fourth-order valence-electron chi connectivity index (χ4n) is 2.23. The van der Waals surface area contributed by atoms with E-state index < -0.39 is 12.0 Å². The number of carbonyl (C=O) groups is 1. The summed E-state index contributed by atoms with van der Waals surface area (Å²) in [7, 11) is 0. The van der Waals surface area contributed by atoms with Gasteiger partial charge in [-0.2, -0.15) is 0 Å². The maximum atomic E-state index is 11.1. The highest BCUT2D eigenvalue weighted by Gasteiger charge is 2.14. The van der Waals surface area contributed by atoms with Crippen LogP contribution >= 0.6 is 0 Å². The molecule has 5 nitrogen and oxygen atoms in total. The zero-order valence-corrected chi connectivity index (χ0v) is 12.2. The third kappa shape index (κ3) is 2.98.